The Bertz CT molecular complexity index is 1040. The van der Waals surface area contributed by atoms with E-state index < -0.39 is 23.0 Å². The number of rotatable bonds is 2. The van der Waals surface area contributed by atoms with Crippen molar-refractivity contribution in [2.75, 3.05) is 24.5 Å². The summed E-state index contributed by atoms with van der Waals surface area (Å²) in [5.41, 5.74) is 4.34. The number of benzene rings is 1. The molecule has 1 saturated heterocycles. The van der Waals surface area contributed by atoms with Gasteiger partial charge in [-0.2, -0.15) is 5.26 Å². The van der Waals surface area contributed by atoms with Gasteiger partial charge in [0.05, 0.1) is 22.6 Å². The van der Waals surface area contributed by atoms with E-state index in [1.54, 1.807) is 32.9 Å². The van der Waals surface area contributed by atoms with Gasteiger partial charge in [-0.05, 0) is 17.5 Å². The summed E-state index contributed by atoms with van der Waals surface area (Å²) in [6.07, 6.45) is 0.164. The molecule has 1 aliphatic heterocycles. The molecule has 29 heavy (non-hydrogen) atoms. The zero-order chi connectivity index (χ0) is 21.6. The summed E-state index contributed by atoms with van der Waals surface area (Å²) in [6, 6.07) is 5.21. The molecule has 1 aromatic heterocycles. The molecule has 3 N–H and O–H groups in total. The Hall–Kier alpha value is -3.12. The van der Waals surface area contributed by atoms with Crippen molar-refractivity contribution in [3.63, 3.8) is 0 Å². The van der Waals surface area contributed by atoms with E-state index in [9.17, 15) is 20.0 Å². The first-order chi connectivity index (χ1) is 13.5. The smallest absolute Gasteiger partial charge is 0.408 e. The molecule has 0 radical (unpaired) electrons. The van der Waals surface area contributed by atoms with Crippen LogP contribution in [-0.4, -0.2) is 57.1 Å². The van der Waals surface area contributed by atoms with Crippen LogP contribution in [0, 0.1) is 16.7 Å². The molecule has 152 valence electrons. The molecule has 0 spiro atoms. The Morgan fingerprint density at radius 2 is 2.00 bits per heavy atom. The number of aromatic nitrogens is 2. The third-order valence-corrected chi connectivity index (χ3v) is 5.79. The van der Waals surface area contributed by atoms with Crippen molar-refractivity contribution in [3.8, 4) is 6.07 Å². The highest BCUT2D eigenvalue weighted by molar-refractivity contribution is 6.32. The van der Waals surface area contributed by atoms with Gasteiger partial charge in [0.2, 0.25) is 5.91 Å². The summed E-state index contributed by atoms with van der Waals surface area (Å²) < 4.78 is 0. The number of carbonyl (C=O) groups is 2. The van der Waals surface area contributed by atoms with Crippen LogP contribution in [0.1, 0.15) is 26.3 Å². The van der Waals surface area contributed by atoms with Gasteiger partial charge in [0, 0.05) is 18.5 Å². The van der Waals surface area contributed by atoms with Gasteiger partial charge in [-0.15, -0.1) is 0 Å². The summed E-state index contributed by atoms with van der Waals surface area (Å²) in [5.74, 6) is -0.237. The van der Waals surface area contributed by atoms with Crippen LogP contribution in [0.2, 0.25) is 5.02 Å². The molecule has 1 aliphatic rings. The molecule has 0 saturated carbocycles. The van der Waals surface area contributed by atoms with E-state index >= 15 is 0 Å². The molecule has 0 bridgehead atoms. The van der Waals surface area contributed by atoms with Crippen LogP contribution in [0.15, 0.2) is 18.5 Å². The normalized spacial score (nSPS) is 19.8. The first-order valence-corrected chi connectivity index (χ1v) is 9.30. The Kier molecular flexibility index (Phi) is 5.01. The molecule has 2 aromatic rings. The minimum atomic E-state index is -1.47. The number of amides is 2. The van der Waals surface area contributed by atoms with Crippen molar-refractivity contribution in [1.29, 1.82) is 5.26 Å². The van der Waals surface area contributed by atoms with Crippen molar-refractivity contribution < 1.29 is 14.7 Å². The van der Waals surface area contributed by atoms with Crippen molar-refractivity contribution >= 4 is 40.3 Å². The fourth-order valence-electron chi connectivity index (χ4n) is 3.92. The zero-order valence-corrected chi connectivity index (χ0v) is 17.1. The number of carboxylic acid groups (broad SMARTS) is 1. The number of hydrogen-bond acceptors (Lipinski definition) is 6. The van der Waals surface area contributed by atoms with Crippen LogP contribution < -0.4 is 10.6 Å². The van der Waals surface area contributed by atoms with E-state index in [1.165, 1.54) is 6.33 Å². The predicted octanol–water partition coefficient (Wildman–Crippen LogP) is 2.23. The quantitative estimate of drug-likeness (QED) is 0.765. The van der Waals surface area contributed by atoms with E-state index in [2.05, 4.69) is 9.97 Å². The number of carbonyl (C=O) groups excluding carboxylic acids is 1. The van der Waals surface area contributed by atoms with Gasteiger partial charge >= 0.3 is 6.09 Å². The van der Waals surface area contributed by atoms with Gasteiger partial charge in [0.25, 0.3) is 0 Å². The molecule has 9 nitrogen and oxygen atoms in total. The van der Waals surface area contributed by atoms with Crippen molar-refractivity contribution in [2.24, 2.45) is 11.1 Å². The maximum Gasteiger partial charge on any atom is 0.408 e. The Labute approximate surface area is 172 Å². The number of hydrogen-bond donors (Lipinski definition) is 2. The second kappa shape index (κ2) is 7.04. The highest BCUT2D eigenvalue weighted by Crippen LogP contribution is 2.40. The Balaban J connectivity index is 2.18. The van der Waals surface area contributed by atoms with Crippen LogP contribution in [-0.2, 0) is 4.79 Å². The van der Waals surface area contributed by atoms with Gasteiger partial charge in [0.1, 0.15) is 23.8 Å². The van der Waals surface area contributed by atoms with Crippen molar-refractivity contribution in [3.05, 3.63) is 29.0 Å². The highest BCUT2D eigenvalue weighted by Gasteiger charge is 2.57. The van der Waals surface area contributed by atoms with E-state index in [4.69, 9.17) is 17.3 Å². The number of fused-ring (bicyclic) bond motifs is 1. The van der Waals surface area contributed by atoms with Crippen LogP contribution >= 0.6 is 11.6 Å². The molecule has 2 amide bonds. The lowest BCUT2D eigenvalue weighted by Gasteiger charge is -2.54. The predicted molar refractivity (Wildman–Crippen MR) is 108 cm³/mol. The highest BCUT2D eigenvalue weighted by atomic mass is 35.5. The first kappa shape index (κ1) is 20.6. The summed E-state index contributed by atoms with van der Waals surface area (Å²) in [7, 11) is 0. The average Bonchev–Trinajstić information content (AvgIpc) is 2.65. The number of nitrogens with zero attached hydrogens (tertiary/aromatic N) is 5. The fourth-order valence-corrected chi connectivity index (χ4v) is 4.12. The number of piperazine rings is 1. The summed E-state index contributed by atoms with van der Waals surface area (Å²) in [6.45, 7) is 5.73. The first-order valence-electron chi connectivity index (χ1n) is 8.92. The molecule has 10 heteroatoms. The van der Waals surface area contributed by atoms with Crippen LogP contribution in [0.3, 0.4) is 0 Å². The van der Waals surface area contributed by atoms with Gasteiger partial charge in [-0.25, -0.2) is 14.8 Å². The fraction of sp³-hybridized carbons (Fsp3) is 0.421. The standard InChI is InChI=1S/C19H21ClN6O3/c1-18(2,3)19(16(22)27)9-25(4-5-26(19)17(28)29)15-12-6-11(8-21)13(20)7-14(12)23-10-24-15/h6-7,10H,4-5,9H2,1-3H3,(H2,22,27)(H,28,29). The molecular formula is C19H21ClN6O3. The van der Waals surface area contributed by atoms with Crippen molar-refractivity contribution in [2.45, 2.75) is 26.3 Å². The Morgan fingerprint density at radius 1 is 1.31 bits per heavy atom. The summed E-state index contributed by atoms with van der Waals surface area (Å²) in [4.78, 5) is 36.0. The lowest BCUT2D eigenvalue weighted by molar-refractivity contribution is -0.137. The molecule has 2 heterocycles. The third kappa shape index (κ3) is 3.19. The van der Waals surface area contributed by atoms with Crippen LogP contribution in [0.25, 0.3) is 10.9 Å². The molecule has 1 aromatic carbocycles. The van der Waals surface area contributed by atoms with Crippen LogP contribution in [0.5, 0.6) is 0 Å². The lowest BCUT2D eigenvalue weighted by atomic mass is 9.70. The van der Waals surface area contributed by atoms with Gasteiger partial charge in [-0.3, -0.25) is 9.69 Å². The minimum Gasteiger partial charge on any atom is -0.465 e. The molecule has 1 atom stereocenters. The number of primary amides is 1. The third-order valence-electron chi connectivity index (χ3n) is 5.48. The van der Waals surface area contributed by atoms with E-state index in [-0.39, 0.29) is 23.7 Å². The van der Waals surface area contributed by atoms with E-state index in [1.807, 2.05) is 11.0 Å². The average molecular weight is 417 g/mol. The lowest BCUT2D eigenvalue weighted by Crippen LogP contribution is -2.74. The molecular weight excluding hydrogens is 396 g/mol. The van der Waals surface area contributed by atoms with Crippen LogP contribution in [0.4, 0.5) is 10.6 Å². The summed E-state index contributed by atoms with van der Waals surface area (Å²) in [5, 5.41) is 19.9. The number of halogens is 1. The minimum absolute atomic E-state index is 0.0226. The molecule has 0 aliphatic carbocycles. The Morgan fingerprint density at radius 3 is 2.55 bits per heavy atom. The second-order valence-electron chi connectivity index (χ2n) is 7.99. The SMILES string of the molecule is CC(C)(C)C1(C(N)=O)CN(c2ncnc3cc(Cl)c(C#N)cc23)CCN1C(=O)O. The monoisotopic (exact) mass is 416 g/mol. The van der Waals surface area contributed by atoms with Gasteiger partial charge in [-0.1, -0.05) is 32.4 Å². The molecule has 3 rings (SSSR count). The molecule has 1 fully saturated rings. The van der Waals surface area contributed by atoms with Crippen molar-refractivity contribution in [1.82, 2.24) is 14.9 Å². The number of nitriles is 1. The molecule has 1 unspecified atom stereocenters. The second-order valence-corrected chi connectivity index (χ2v) is 8.40. The largest absolute Gasteiger partial charge is 0.465 e. The maximum atomic E-state index is 12.6. The van der Waals surface area contributed by atoms with E-state index in [0.717, 1.165) is 4.90 Å². The van der Waals surface area contributed by atoms with Gasteiger partial charge in [0.15, 0.2) is 0 Å². The maximum absolute atomic E-state index is 12.6. The number of anilines is 1. The number of nitrogens with two attached hydrogens (primary N) is 1. The van der Waals surface area contributed by atoms with E-state index in [0.29, 0.717) is 23.3 Å². The topological polar surface area (TPSA) is 136 Å². The summed E-state index contributed by atoms with van der Waals surface area (Å²) >= 11 is 6.11. The zero-order valence-electron chi connectivity index (χ0n) is 16.3. The van der Waals surface area contributed by atoms with Gasteiger partial charge < -0.3 is 15.7 Å².